The molecule has 1 aliphatic rings. The highest BCUT2D eigenvalue weighted by Crippen LogP contribution is 2.03. The normalized spacial score (nSPS) is 19.3. The van der Waals surface area contributed by atoms with Gasteiger partial charge in [-0.1, -0.05) is 6.92 Å². The summed E-state index contributed by atoms with van der Waals surface area (Å²) in [7, 11) is 0. The molecule has 1 saturated heterocycles. The highest BCUT2D eigenvalue weighted by molar-refractivity contribution is 8.93. The Morgan fingerprint density at radius 3 is 2.50 bits per heavy atom. The first-order valence-corrected chi connectivity index (χ1v) is 5.48. The maximum absolute atomic E-state index is 5.36. The molecule has 0 aromatic heterocycles. The van der Waals surface area contributed by atoms with Gasteiger partial charge in [0.05, 0.1) is 0 Å². The molecule has 2 nitrogen and oxygen atoms in total. The topological polar surface area (TPSA) is 18.5 Å². The third-order valence-electron chi connectivity index (χ3n) is 1.42. The van der Waals surface area contributed by atoms with Crippen LogP contribution in [-0.4, -0.2) is 38.0 Å². The van der Waals surface area contributed by atoms with Gasteiger partial charge < -0.3 is 9.47 Å². The average Bonchev–Trinajstić information content (AvgIpc) is 1.91. The minimum atomic E-state index is -0.0685. The van der Waals surface area contributed by atoms with Crippen LogP contribution in [0.3, 0.4) is 0 Å². The molecule has 1 heterocycles. The summed E-state index contributed by atoms with van der Waals surface area (Å²) in [6.45, 7) is 4.03. The highest BCUT2D eigenvalue weighted by atomic mass is 79.9. The van der Waals surface area contributed by atoms with E-state index in [0.717, 1.165) is 19.6 Å². The minimum absolute atomic E-state index is 0. The van der Waals surface area contributed by atoms with Crippen molar-refractivity contribution in [2.24, 2.45) is 0 Å². The van der Waals surface area contributed by atoms with Crippen molar-refractivity contribution in [3.8, 4) is 0 Å². The molecular formula is C6H13BrMgO2. The van der Waals surface area contributed by atoms with Gasteiger partial charge in [-0.25, -0.2) is 0 Å². The van der Waals surface area contributed by atoms with E-state index in [2.05, 4.69) is 6.92 Å². The van der Waals surface area contributed by atoms with Gasteiger partial charge in [0.25, 0.3) is 0 Å². The van der Waals surface area contributed by atoms with Crippen LogP contribution in [0.25, 0.3) is 0 Å². The van der Waals surface area contributed by atoms with Crippen molar-refractivity contribution < 1.29 is 9.47 Å². The molecule has 0 saturated carbocycles. The van der Waals surface area contributed by atoms with Gasteiger partial charge in [0.2, 0.25) is 0 Å². The quantitative estimate of drug-likeness (QED) is 0.657. The molecule has 0 aliphatic carbocycles. The van der Waals surface area contributed by atoms with E-state index in [0.29, 0.717) is 0 Å². The standard InChI is InChI=1S/C4H7O2.C2H5.BrH.Mg/c1-2-5-4-6-3-1;1-2;;/h4H,1-3H2;1H2,2H3;1H;. The summed E-state index contributed by atoms with van der Waals surface area (Å²) in [4.78, 5) is 0. The van der Waals surface area contributed by atoms with Crippen molar-refractivity contribution in [3.63, 3.8) is 0 Å². The van der Waals surface area contributed by atoms with Crippen LogP contribution >= 0.6 is 17.0 Å². The zero-order valence-electron chi connectivity index (χ0n) is 6.34. The fraction of sp³-hybridized carbons (Fsp3) is 1.00. The number of hydrogen-bond acceptors (Lipinski definition) is 2. The monoisotopic (exact) mass is 220 g/mol. The molecule has 0 aromatic rings. The molecule has 58 valence electrons. The zero-order chi connectivity index (χ0) is 6.53. The van der Waals surface area contributed by atoms with Gasteiger partial charge >= 0.3 is 20.4 Å². The lowest BCUT2D eigenvalue weighted by molar-refractivity contribution is -0.131. The van der Waals surface area contributed by atoms with Crippen LogP contribution in [0.15, 0.2) is 0 Å². The summed E-state index contributed by atoms with van der Waals surface area (Å²) in [5.41, 5.74) is 0. The Balaban J connectivity index is 0.000000810. The van der Waals surface area contributed by atoms with E-state index in [1.165, 1.54) is 4.55 Å². The van der Waals surface area contributed by atoms with E-state index >= 15 is 0 Å². The maximum Gasteiger partial charge on any atom is 0.452 e. The van der Waals surface area contributed by atoms with Crippen molar-refractivity contribution in [1.29, 1.82) is 0 Å². The van der Waals surface area contributed by atoms with E-state index < -0.39 is 0 Å². The second kappa shape index (κ2) is 6.85. The molecule has 1 fully saturated rings. The van der Waals surface area contributed by atoms with Gasteiger partial charge in [-0.3, -0.25) is 0 Å². The molecule has 4 heteroatoms. The van der Waals surface area contributed by atoms with Gasteiger partial charge in [0.1, 0.15) is 0 Å². The van der Waals surface area contributed by atoms with Gasteiger partial charge in [-0.15, -0.1) is 21.5 Å². The molecule has 1 rings (SSSR count). The second-order valence-corrected chi connectivity index (χ2v) is 4.56. The third kappa shape index (κ3) is 4.13. The first-order chi connectivity index (χ1) is 4.43. The van der Waals surface area contributed by atoms with E-state index in [-0.39, 0.29) is 41.8 Å². The summed E-state index contributed by atoms with van der Waals surface area (Å²) in [6.07, 6.45) is 1.08. The van der Waals surface area contributed by atoms with Crippen LogP contribution in [0.5, 0.6) is 0 Å². The van der Waals surface area contributed by atoms with Gasteiger partial charge in [-0.05, 0) is 6.42 Å². The molecule has 1 aliphatic heterocycles. The van der Waals surface area contributed by atoms with Crippen LogP contribution in [0.1, 0.15) is 13.3 Å². The van der Waals surface area contributed by atoms with Crippen molar-refractivity contribution >= 4 is 37.3 Å². The van der Waals surface area contributed by atoms with E-state index in [1.54, 1.807) is 0 Å². The van der Waals surface area contributed by atoms with Crippen LogP contribution in [-0.2, 0) is 9.47 Å². The van der Waals surface area contributed by atoms with Crippen LogP contribution in [0.2, 0.25) is 4.55 Å². The van der Waals surface area contributed by atoms with Crippen molar-refractivity contribution in [3.05, 3.63) is 0 Å². The Morgan fingerprint density at radius 2 is 2.00 bits per heavy atom. The first kappa shape index (κ1) is 11.2. The Morgan fingerprint density at radius 1 is 1.40 bits per heavy atom. The molecule has 0 amide bonds. The number of halogens is 1. The molecular weight excluding hydrogens is 208 g/mol. The molecule has 0 atom stereocenters. The SMILES string of the molecule is Br.C[CH2][Mg][CH]1OCCCO1. The Kier molecular flexibility index (Phi) is 7.65. The summed E-state index contributed by atoms with van der Waals surface area (Å²) in [5, 5.41) is 0. The fourth-order valence-corrected chi connectivity index (χ4v) is 2.08. The minimum Gasteiger partial charge on any atom is -0.381 e. The van der Waals surface area contributed by atoms with E-state index in [4.69, 9.17) is 9.47 Å². The van der Waals surface area contributed by atoms with E-state index in [1.807, 2.05) is 0 Å². The smallest absolute Gasteiger partial charge is 0.381 e. The van der Waals surface area contributed by atoms with Crippen LogP contribution in [0, 0.1) is 0 Å². The number of hydrogen-bond donors (Lipinski definition) is 0. The Bertz CT molecular complexity index is 73.4. The molecule has 0 unspecified atom stereocenters. The van der Waals surface area contributed by atoms with Gasteiger partial charge in [-0.2, -0.15) is 0 Å². The molecule has 0 bridgehead atoms. The Labute approximate surface area is 82.1 Å². The molecule has 0 aromatic carbocycles. The summed E-state index contributed by atoms with van der Waals surface area (Å²) >= 11 is -0.0685. The van der Waals surface area contributed by atoms with Crippen LogP contribution in [0.4, 0.5) is 0 Å². The fourth-order valence-electron chi connectivity index (χ4n) is 0.939. The molecule has 10 heavy (non-hydrogen) atoms. The zero-order valence-corrected chi connectivity index (χ0v) is 9.46. The largest absolute Gasteiger partial charge is 0.452 e. The summed E-state index contributed by atoms with van der Waals surface area (Å²) < 4.78 is 12.2. The van der Waals surface area contributed by atoms with Crippen LogP contribution < -0.4 is 0 Å². The van der Waals surface area contributed by atoms with Gasteiger partial charge in [0, 0.05) is 17.6 Å². The lowest BCUT2D eigenvalue weighted by Gasteiger charge is -2.23. The van der Waals surface area contributed by atoms with E-state index in [9.17, 15) is 0 Å². The van der Waals surface area contributed by atoms with Crippen molar-refractivity contribution in [1.82, 2.24) is 0 Å². The first-order valence-electron chi connectivity index (χ1n) is 3.66. The predicted molar refractivity (Wildman–Crippen MR) is 46.9 cm³/mol. The average molecular weight is 221 g/mol. The summed E-state index contributed by atoms with van der Waals surface area (Å²) in [6, 6.07) is 0. The van der Waals surface area contributed by atoms with Crippen molar-refractivity contribution in [2.75, 3.05) is 13.2 Å². The number of ether oxygens (including phenoxy) is 2. The molecule has 0 radical (unpaired) electrons. The highest BCUT2D eigenvalue weighted by Gasteiger charge is 2.14. The number of rotatable bonds is 2. The van der Waals surface area contributed by atoms with Gasteiger partial charge in [0.15, 0.2) is 0 Å². The maximum atomic E-state index is 5.36. The third-order valence-corrected chi connectivity index (χ3v) is 2.94. The lowest BCUT2D eigenvalue weighted by Crippen LogP contribution is -2.29. The lowest BCUT2D eigenvalue weighted by atomic mass is 10.5. The predicted octanol–water partition coefficient (Wildman–Crippen LogP) is 1.43. The second-order valence-electron chi connectivity index (χ2n) is 2.31. The Hall–Kier alpha value is 1.17. The van der Waals surface area contributed by atoms with Crippen molar-refractivity contribution in [2.45, 2.75) is 22.3 Å². The molecule has 0 spiro atoms. The summed E-state index contributed by atoms with van der Waals surface area (Å²) in [5.74, 6) is 0. The molecule has 0 N–H and O–H groups in total.